The Kier molecular flexibility index (Phi) is 5.27. The number of aryl methyl sites for hydroxylation is 1. The first-order valence-corrected chi connectivity index (χ1v) is 10.6. The van der Waals surface area contributed by atoms with Gasteiger partial charge in [-0.15, -0.1) is 10.2 Å². The van der Waals surface area contributed by atoms with E-state index < -0.39 is 0 Å². The van der Waals surface area contributed by atoms with E-state index >= 15 is 0 Å². The Morgan fingerprint density at radius 3 is 2.66 bits per heavy atom. The number of fused-ring (bicyclic) bond motifs is 1. The van der Waals surface area contributed by atoms with Crippen LogP contribution in [-0.2, 0) is 13.5 Å². The molecule has 1 N–H and O–H groups in total. The van der Waals surface area contributed by atoms with Gasteiger partial charge in [-0.2, -0.15) is 5.10 Å². The van der Waals surface area contributed by atoms with Crippen LogP contribution in [0.25, 0.3) is 22.2 Å². The van der Waals surface area contributed by atoms with Crippen LogP contribution in [0.15, 0.2) is 30.6 Å². The summed E-state index contributed by atoms with van der Waals surface area (Å²) in [6.45, 7) is 8.62. The van der Waals surface area contributed by atoms with Crippen LogP contribution in [0.3, 0.4) is 0 Å². The highest BCUT2D eigenvalue weighted by Gasteiger charge is 2.14. The van der Waals surface area contributed by atoms with Crippen LogP contribution >= 0.6 is 11.3 Å². The van der Waals surface area contributed by atoms with Crippen molar-refractivity contribution in [2.45, 2.75) is 40.0 Å². The standard InChI is InChI=1S/C21H25N7S/c1-12(2)8-17-15(11-28(5)27-17)14-9-18-16(22-10-14)6-7-19(23-18)24-21-26-25-20(29-21)13(3)4/h6-7,9-13H,8H2,1-5H3,(H,23,24,26). The van der Waals surface area contributed by atoms with Gasteiger partial charge in [-0.1, -0.05) is 39.0 Å². The Hall–Kier alpha value is -2.87. The van der Waals surface area contributed by atoms with E-state index in [0.717, 1.165) is 50.2 Å². The predicted molar refractivity (Wildman–Crippen MR) is 118 cm³/mol. The van der Waals surface area contributed by atoms with E-state index in [0.29, 0.717) is 11.8 Å². The molecule has 0 aliphatic heterocycles. The summed E-state index contributed by atoms with van der Waals surface area (Å²) in [4.78, 5) is 9.36. The average Bonchev–Trinajstić information content (AvgIpc) is 3.27. The Bertz CT molecular complexity index is 1140. The SMILES string of the molecule is CC(C)Cc1nn(C)cc1-c1cnc2ccc(Nc3nnc(C(C)C)s3)nc2c1. The van der Waals surface area contributed by atoms with Crippen LogP contribution < -0.4 is 5.32 Å². The van der Waals surface area contributed by atoms with E-state index in [4.69, 9.17) is 4.98 Å². The van der Waals surface area contributed by atoms with E-state index in [1.54, 1.807) is 11.3 Å². The van der Waals surface area contributed by atoms with E-state index in [1.807, 2.05) is 30.1 Å². The molecule has 0 atom stereocenters. The molecule has 150 valence electrons. The van der Waals surface area contributed by atoms with Gasteiger partial charge in [0.2, 0.25) is 5.13 Å². The highest BCUT2D eigenvalue weighted by atomic mass is 32.1. The third kappa shape index (κ3) is 4.27. The molecule has 0 amide bonds. The fourth-order valence-electron chi connectivity index (χ4n) is 3.16. The third-order valence-electron chi connectivity index (χ3n) is 4.52. The number of hydrogen-bond acceptors (Lipinski definition) is 7. The van der Waals surface area contributed by atoms with Crippen molar-refractivity contribution < 1.29 is 0 Å². The highest BCUT2D eigenvalue weighted by molar-refractivity contribution is 7.15. The third-order valence-corrected chi connectivity index (χ3v) is 5.66. The summed E-state index contributed by atoms with van der Waals surface area (Å²) < 4.78 is 1.87. The van der Waals surface area contributed by atoms with E-state index in [-0.39, 0.29) is 0 Å². The molecule has 29 heavy (non-hydrogen) atoms. The number of pyridine rings is 2. The monoisotopic (exact) mass is 407 g/mol. The molecule has 0 spiro atoms. The molecular weight excluding hydrogens is 382 g/mol. The predicted octanol–water partition coefficient (Wildman–Crippen LogP) is 4.95. The first-order valence-electron chi connectivity index (χ1n) is 9.79. The van der Waals surface area contributed by atoms with Gasteiger partial charge in [-0.05, 0) is 30.5 Å². The molecule has 8 heteroatoms. The van der Waals surface area contributed by atoms with Crippen molar-refractivity contribution in [3.8, 4) is 11.1 Å². The van der Waals surface area contributed by atoms with Gasteiger partial charge in [0.1, 0.15) is 10.8 Å². The van der Waals surface area contributed by atoms with Gasteiger partial charge in [-0.3, -0.25) is 9.67 Å². The molecule has 0 aliphatic carbocycles. The molecular formula is C21H25N7S. The van der Waals surface area contributed by atoms with Gasteiger partial charge in [0, 0.05) is 36.5 Å². The zero-order chi connectivity index (χ0) is 20.5. The first-order chi connectivity index (χ1) is 13.9. The maximum Gasteiger partial charge on any atom is 0.211 e. The van der Waals surface area contributed by atoms with Crippen LogP contribution in [0.1, 0.15) is 44.3 Å². The van der Waals surface area contributed by atoms with E-state index in [9.17, 15) is 0 Å². The number of rotatable bonds is 6. The lowest BCUT2D eigenvalue weighted by Crippen LogP contribution is -1.98. The number of nitrogens with zero attached hydrogens (tertiary/aromatic N) is 6. The highest BCUT2D eigenvalue weighted by Crippen LogP contribution is 2.28. The molecule has 0 unspecified atom stereocenters. The molecule has 4 aromatic heterocycles. The fourth-order valence-corrected chi connectivity index (χ4v) is 3.92. The molecule has 4 heterocycles. The summed E-state index contributed by atoms with van der Waals surface area (Å²) in [5, 5.41) is 18.1. The summed E-state index contributed by atoms with van der Waals surface area (Å²) >= 11 is 1.55. The number of anilines is 2. The summed E-state index contributed by atoms with van der Waals surface area (Å²) in [5.41, 5.74) is 4.92. The smallest absolute Gasteiger partial charge is 0.211 e. The lowest BCUT2D eigenvalue weighted by Gasteiger charge is -2.07. The molecule has 4 rings (SSSR count). The van der Waals surface area contributed by atoms with E-state index in [1.165, 1.54) is 0 Å². The zero-order valence-electron chi connectivity index (χ0n) is 17.3. The molecule has 0 saturated heterocycles. The van der Waals surface area contributed by atoms with Crippen molar-refractivity contribution in [3.05, 3.63) is 41.3 Å². The van der Waals surface area contributed by atoms with Gasteiger partial charge >= 0.3 is 0 Å². The molecule has 0 fully saturated rings. The van der Waals surface area contributed by atoms with Gasteiger partial charge in [0.25, 0.3) is 0 Å². The molecule has 0 bridgehead atoms. The molecule has 0 radical (unpaired) electrons. The van der Waals surface area contributed by atoms with Crippen molar-refractivity contribution >= 4 is 33.3 Å². The lowest BCUT2D eigenvalue weighted by molar-refractivity contribution is 0.621. The summed E-state index contributed by atoms with van der Waals surface area (Å²) in [6.07, 6.45) is 4.88. The fraction of sp³-hybridized carbons (Fsp3) is 0.381. The Balaban J connectivity index is 1.66. The number of hydrogen-bond donors (Lipinski definition) is 1. The zero-order valence-corrected chi connectivity index (χ0v) is 18.2. The minimum absolute atomic E-state index is 0.360. The number of aromatic nitrogens is 6. The average molecular weight is 408 g/mol. The molecule has 4 aromatic rings. The summed E-state index contributed by atoms with van der Waals surface area (Å²) in [5.74, 6) is 1.63. The van der Waals surface area contributed by atoms with Crippen LogP contribution in [0.5, 0.6) is 0 Å². The van der Waals surface area contributed by atoms with Gasteiger partial charge in [-0.25, -0.2) is 4.98 Å². The first kappa shape index (κ1) is 19.4. The quantitative estimate of drug-likeness (QED) is 0.487. The largest absolute Gasteiger partial charge is 0.315 e. The minimum Gasteiger partial charge on any atom is -0.315 e. The van der Waals surface area contributed by atoms with Crippen molar-refractivity contribution in [1.29, 1.82) is 0 Å². The lowest BCUT2D eigenvalue weighted by atomic mass is 10.0. The number of nitrogens with one attached hydrogen (secondary N) is 1. The molecule has 0 aliphatic rings. The Morgan fingerprint density at radius 2 is 1.93 bits per heavy atom. The molecule has 0 saturated carbocycles. The van der Waals surface area contributed by atoms with Crippen LogP contribution in [0.2, 0.25) is 0 Å². The van der Waals surface area contributed by atoms with Gasteiger partial charge in [0.15, 0.2) is 0 Å². The van der Waals surface area contributed by atoms with Crippen LogP contribution in [0, 0.1) is 5.92 Å². The Morgan fingerprint density at radius 1 is 1.10 bits per heavy atom. The summed E-state index contributed by atoms with van der Waals surface area (Å²) in [7, 11) is 1.95. The topological polar surface area (TPSA) is 81.4 Å². The second-order valence-corrected chi connectivity index (χ2v) is 8.95. The van der Waals surface area contributed by atoms with Crippen LogP contribution in [-0.4, -0.2) is 29.9 Å². The van der Waals surface area contributed by atoms with Gasteiger partial charge in [0.05, 0.1) is 16.7 Å². The minimum atomic E-state index is 0.360. The van der Waals surface area contributed by atoms with Crippen molar-refractivity contribution in [2.24, 2.45) is 13.0 Å². The van der Waals surface area contributed by atoms with Crippen molar-refractivity contribution in [1.82, 2.24) is 29.9 Å². The Labute approximate surface area is 174 Å². The van der Waals surface area contributed by atoms with Crippen LogP contribution in [0.4, 0.5) is 10.9 Å². The van der Waals surface area contributed by atoms with Crippen molar-refractivity contribution in [3.63, 3.8) is 0 Å². The maximum atomic E-state index is 4.75. The van der Waals surface area contributed by atoms with Gasteiger partial charge < -0.3 is 5.32 Å². The maximum absolute atomic E-state index is 4.75. The molecule has 7 nitrogen and oxygen atoms in total. The second-order valence-electron chi connectivity index (χ2n) is 7.94. The second kappa shape index (κ2) is 7.87. The molecule has 0 aromatic carbocycles. The van der Waals surface area contributed by atoms with Crippen molar-refractivity contribution in [2.75, 3.05) is 5.32 Å². The van der Waals surface area contributed by atoms with E-state index in [2.05, 4.69) is 65.6 Å². The summed E-state index contributed by atoms with van der Waals surface area (Å²) in [6, 6.07) is 5.96. The normalized spacial score (nSPS) is 11.7.